The summed E-state index contributed by atoms with van der Waals surface area (Å²) in [6.45, 7) is 7.63. The first-order valence-corrected chi connectivity index (χ1v) is 4.43. The van der Waals surface area contributed by atoms with E-state index in [1.165, 1.54) is 25.7 Å². The monoisotopic (exact) mass is 154 g/mol. The van der Waals surface area contributed by atoms with Gasteiger partial charge in [0.05, 0.1) is 5.60 Å². The van der Waals surface area contributed by atoms with Crippen LogP contribution in [0, 0.1) is 5.92 Å². The van der Waals surface area contributed by atoms with E-state index in [-0.39, 0.29) is 0 Å². The minimum absolute atomic E-state index is 0.458. The van der Waals surface area contributed by atoms with Crippen LogP contribution >= 0.6 is 0 Å². The van der Waals surface area contributed by atoms with E-state index in [1.807, 2.05) is 13.8 Å². The van der Waals surface area contributed by atoms with Crippen molar-refractivity contribution in [3.63, 3.8) is 0 Å². The molecule has 1 atom stereocenters. The molecular weight excluding hydrogens is 136 g/mol. The van der Waals surface area contributed by atoms with Crippen molar-refractivity contribution in [1.82, 2.24) is 0 Å². The Labute approximate surface area is 69.1 Å². The molecular formula is C10H18O. The molecule has 0 spiro atoms. The molecule has 0 aromatic rings. The van der Waals surface area contributed by atoms with Gasteiger partial charge in [-0.15, -0.1) is 0 Å². The summed E-state index contributed by atoms with van der Waals surface area (Å²) in [4.78, 5) is 0. The van der Waals surface area contributed by atoms with Crippen molar-refractivity contribution in [2.75, 3.05) is 0 Å². The molecule has 1 nitrogen and oxygen atoms in total. The van der Waals surface area contributed by atoms with Crippen LogP contribution in [0.25, 0.3) is 0 Å². The molecule has 1 fully saturated rings. The Kier molecular flexibility index (Phi) is 2.38. The Morgan fingerprint density at radius 3 is 2.27 bits per heavy atom. The van der Waals surface area contributed by atoms with Crippen LogP contribution in [0.4, 0.5) is 0 Å². The van der Waals surface area contributed by atoms with Gasteiger partial charge in [0.25, 0.3) is 0 Å². The van der Waals surface area contributed by atoms with E-state index in [1.54, 1.807) is 0 Å². The molecule has 1 heteroatoms. The van der Waals surface area contributed by atoms with Gasteiger partial charge in [-0.05, 0) is 38.2 Å². The summed E-state index contributed by atoms with van der Waals surface area (Å²) in [6, 6.07) is 0. The molecule has 0 aromatic carbocycles. The lowest BCUT2D eigenvalue weighted by molar-refractivity contribution is 0.0378. The van der Waals surface area contributed by atoms with Gasteiger partial charge >= 0.3 is 0 Å². The molecule has 0 aliphatic heterocycles. The molecule has 0 bridgehead atoms. The minimum atomic E-state index is -0.615. The number of hydrogen-bond acceptors (Lipinski definition) is 1. The highest BCUT2D eigenvalue weighted by Gasteiger charge is 2.34. The highest BCUT2D eigenvalue weighted by Crippen LogP contribution is 2.37. The summed E-state index contributed by atoms with van der Waals surface area (Å²) in [5.41, 5.74) is 0.292. The second-order valence-corrected chi connectivity index (χ2v) is 3.91. The number of hydrogen-bond donors (Lipinski definition) is 1. The number of rotatable bonds is 2. The first-order valence-electron chi connectivity index (χ1n) is 4.43. The summed E-state index contributed by atoms with van der Waals surface area (Å²) < 4.78 is 0. The van der Waals surface area contributed by atoms with Crippen molar-refractivity contribution in [3.05, 3.63) is 12.2 Å². The largest absolute Gasteiger partial charge is 0.386 e. The topological polar surface area (TPSA) is 20.2 Å². The zero-order valence-electron chi connectivity index (χ0n) is 7.56. The van der Waals surface area contributed by atoms with Crippen molar-refractivity contribution in [2.24, 2.45) is 5.92 Å². The van der Waals surface area contributed by atoms with Gasteiger partial charge in [0, 0.05) is 0 Å². The molecule has 1 aliphatic carbocycles. The third-order valence-electron chi connectivity index (χ3n) is 3.01. The predicted octanol–water partition coefficient (Wildman–Crippen LogP) is 2.50. The van der Waals surface area contributed by atoms with Crippen LogP contribution in [0.5, 0.6) is 0 Å². The molecule has 0 amide bonds. The zero-order valence-corrected chi connectivity index (χ0v) is 7.56. The maximum Gasteiger partial charge on any atom is 0.0851 e. The molecule has 1 rings (SSSR count). The van der Waals surface area contributed by atoms with Crippen molar-refractivity contribution in [1.29, 1.82) is 0 Å². The van der Waals surface area contributed by atoms with Crippen LogP contribution in [0.3, 0.4) is 0 Å². The average molecular weight is 154 g/mol. The van der Waals surface area contributed by atoms with Crippen molar-refractivity contribution in [2.45, 2.75) is 45.1 Å². The van der Waals surface area contributed by atoms with E-state index >= 15 is 0 Å². The molecule has 11 heavy (non-hydrogen) atoms. The van der Waals surface area contributed by atoms with Gasteiger partial charge in [0.15, 0.2) is 0 Å². The standard InChI is InChI=1S/C10H18O/c1-8(2)10(3,11)9-6-4-5-7-9/h9,11H,1,4-7H2,2-3H3. The van der Waals surface area contributed by atoms with Gasteiger partial charge in [-0.25, -0.2) is 0 Å². The third-order valence-corrected chi connectivity index (χ3v) is 3.01. The SMILES string of the molecule is C=C(C)C(C)(O)C1CCCC1. The van der Waals surface area contributed by atoms with E-state index in [9.17, 15) is 5.11 Å². The summed E-state index contributed by atoms with van der Waals surface area (Å²) in [7, 11) is 0. The fraction of sp³-hybridized carbons (Fsp3) is 0.800. The molecule has 1 saturated carbocycles. The first-order chi connectivity index (χ1) is 5.05. The Bertz CT molecular complexity index is 152. The summed E-state index contributed by atoms with van der Waals surface area (Å²) in [5.74, 6) is 0.458. The molecule has 1 N–H and O–H groups in total. The van der Waals surface area contributed by atoms with Crippen LogP contribution in [-0.2, 0) is 0 Å². The smallest absolute Gasteiger partial charge is 0.0851 e. The lowest BCUT2D eigenvalue weighted by atomic mass is 9.83. The Morgan fingerprint density at radius 2 is 1.91 bits per heavy atom. The quantitative estimate of drug-likeness (QED) is 0.606. The number of aliphatic hydroxyl groups is 1. The minimum Gasteiger partial charge on any atom is -0.386 e. The van der Waals surface area contributed by atoms with Gasteiger partial charge in [0.1, 0.15) is 0 Å². The van der Waals surface area contributed by atoms with Gasteiger partial charge < -0.3 is 5.11 Å². The first kappa shape index (κ1) is 8.79. The van der Waals surface area contributed by atoms with E-state index < -0.39 is 5.60 Å². The Morgan fingerprint density at radius 1 is 1.45 bits per heavy atom. The van der Waals surface area contributed by atoms with Crippen molar-refractivity contribution < 1.29 is 5.11 Å². The van der Waals surface area contributed by atoms with Crippen LogP contribution in [0.2, 0.25) is 0 Å². The van der Waals surface area contributed by atoms with Crippen LogP contribution in [-0.4, -0.2) is 10.7 Å². The van der Waals surface area contributed by atoms with Gasteiger partial charge in [-0.3, -0.25) is 0 Å². The highest BCUT2D eigenvalue weighted by atomic mass is 16.3. The Balaban J connectivity index is 2.62. The van der Waals surface area contributed by atoms with Gasteiger partial charge in [0.2, 0.25) is 0 Å². The van der Waals surface area contributed by atoms with Gasteiger partial charge in [-0.2, -0.15) is 0 Å². The molecule has 64 valence electrons. The van der Waals surface area contributed by atoms with E-state index in [0.29, 0.717) is 5.92 Å². The van der Waals surface area contributed by atoms with Gasteiger partial charge in [-0.1, -0.05) is 19.4 Å². The average Bonchev–Trinajstić information content (AvgIpc) is 2.37. The molecule has 0 aromatic heterocycles. The molecule has 0 saturated heterocycles. The lowest BCUT2D eigenvalue weighted by Crippen LogP contribution is -2.33. The van der Waals surface area contributed by atoms with Crippen molar-refractivity contribution >= 4 is 0 Å². The van der Waals surface area contributed by atoms with Crippen LogP contribution in [0.15, 0.2) is 12.2 Å². The van der Waals surface area contributed by atoms with E-state index in [0.717, 1.165) is 5.57 Å². The molecule has 0 heterocycles. The summed E-state index contributed by atoms with van der Waals surface area (Å²) in [6.07, 6.45) is 4.88. The maximum absolute atomic E-state index is 9.99. The second-order valence-electron chi connectivity index (χ2n) is 3.91. The van der Waals surface area contributed by atoms with E-state index in [4.69, 9.17) is 0 Å². The van der Waals surface area contributed by atoms with Crippen molar-refractivity contribution in [3.8, 4) is 0 Å². The summed E-state index contributed by atoms with van der Waals surface area (Å²) in [5, 5.41) is 9.99. The maximum atomic E-state index is 9.99. The normalized spacial score (nSPS) is 25.0. The fourth-order valence-electron chi connectivity index (χ4n) is 1.84. The molecule has 0 radical (unpaired) electrons. The fourth-order valence-corrected chi connectivity index (χ4v) is 1.84. The molecule has 1 unspecified atom stereocenters. The van der Waals surface area contributed by atoms with E-state index in [2.05, 4.69) is 6.58 Å². The summed E-state index contributed by atoms with van der Waals surface area (Å²) >= 11 is 0. The Hall–Kier alpha value is -0.300. The molecule has 1 aliphatic rings. The van der Waals surface area contributed by atoms with Crippen LogP contribution in [0.1, 0.15) is 39.5 Å². The predicted molar refractivity (Wildman–Crippen MR) is 47.4 cm³/mol. The third kappa shape index (κ3) is 1.64. The second kappa shape index (κ2) is 2.98. The highest BCUT2D eigenvalue weighted by molar-refractivity contribution is 5.10. The lowest BCUT2D eigenvalue weighted by Gasteiger charge is -2.30. The zero-order chi connectivity index (χ0) is 8.48. The van der Waals surface area contributed by atoms with Crippen LogP contribution < -0.4 is 0 Å².